The van der Waals surface area contributed by atoms with Crippen molar-refractivity contribution in [1.82, 2.24) is 9.97 Å². The molecule has 1 heterocycles. The molecule has 0 bridgehead atoms. The van der Waals surface area contributed by atoms with Gasteiger partial charge >= 0.3 is 0 Å². The van der Waals surface area contributed by atoms with Gasteiger partial charge in [-0.2, -0.15) is 0 Å². The molecule has 1 N–H and O–H groups in total. The first-order valence-corrected chi connectivity index (χ1v) is 5.00. The lowest BCUT2D eigenvalue weighted by atomic mass is 10.3. The number of benzene rings is 1. The van der Waals surface area contributed by atoms with Crippen molar-refractivity contribution >= 4 is 34.7 Å². The number of hydrogen-bond acceptors (Lipinski definition) is 3. The third-order valence-corrected chi connectivity index (χ3v) is 2.29. The zero-order chi connectivity index (χ0) is 10.7. The number of aromatic nitrogens is 2. The summed E-state index contributed by atoms with van der Waals surface area (Å²) in [6.07, 6.45) is 3.11. The molecule has 15 heavy (non-hydrogen) atoms. The molecule has 0 spiro atoms. The number of nitrogens with one attached hydrogen (secondary N) is 1. The fourth-order valence-corrected chi connectivity index (χ4v) is 1.35. The van der Waals surface area contributed by atoms with Gasteiger partial charge in [-0.25, -0.2) is 9.97 Å². The molecule has 0 atom stereocenters. The normalized spacial score (nSPS) is 10.0. The number of anilines is 2. The Morgan fingerprint density at radius 3 is 2.27 bits per heavy atom. The Kier molecular flexibility index (Phi) is 3.04. The molecule has 0 saturated heterocycles. The first-order chi connectivity index (χ1) is 7.25. The maximum absolute atomic E-state index is 5.84. The molecule has 0 aliphatic heterocycles. The third kappa shape index (κ3) is 2.58. The first kappa shape index (κ1) is 10.2. The SMILES string of the molecule is Clc1ccc(Nc2nccnc2Cl)cc1. The Morgan fingerprint density at radius 1 is 0.933 bits per heavy atom. The van der Waals surface area contributed by atoms with Gasteiger partial charge in [-0.3, -0.25) is 0 Å². The van der Waals surface area contributed by atoms with Crippen molar-refractivity contribution < 1.29 is 0 Å². The third-order valence-electron chi connectivity index (χ3n) is 1.76. The molecule has 0 fully saturated rings. The van der Waals surface area contributed by atoms with Crippen molar-refractivity contribution in [3.8, 4) is 0 Å². The molecule has 1 aromatic heterocycles. The number of rotatable bonds is 2. The van der Waals surface area contributed by atoms with Crippen LogP contribution in [0, 0.1) is 0 Å². The highest BCUT2D eigenvalue weighted by Crippen LogP contribution is 2.21. The van der Waals surface area contributed by atoms with E-state index in [1.54, 1.807) is 18.3 Å². The average molecular weight is 240 g/mol. The van der Waals surface area contributed by atoms with Crippen molar-refractivity contribution in [3.63, 3.8) is 0 Å². The second-order valence-corrected chi connectivity index (χ2v) is 3.62. The van der Waals surface area contributed by atoms with Gasteiger partial charge in [0.25, 0.3) is 0 Å². The van der Waals surface area contributed by atoms with Crippen LogP contribution in [-0.4, -0.2) is 9.97 Å². The molecule has 1 aromatic carbocycles. The van der Waals surface area contributed by atoms with E-state index in [0.29, 0.717) is 16.0 Å². The van der Waals surface area contributed by atoms with Gasteiger partial charge in [0.1, 0.15) is 0 Å². The summed E-state index contributed by atoms with van der Waals surface area (Å²) in [5.74, 6) is 0.529. The van der Waals surface area contributed by atoms with Crippen LogP contribution in [0.5, 0.6) is 0 Å². The van der Waals surface area contributed by atoms with E-state index in [1.165, 1.54) is 6.20 Å². The Bertz CT molecular complexity index is 456. The van der Waals surface area contributed by atoms with E-state index < -0.39 is 0 Å². The van der Waals surface area contributed by atoms with Crippen LogP contribution < -0.4 is 5.32 Å². The van der Waals surface area contributed by atoms with E-state index in [1.807, 2.05) is 12.1 Å². The molecule has 0 amide bonds. The monoisotopic (exact) mass is 239 g/mol. The standard InChI is InChI=1S/C10H7Cl2N3/c11-7-1-3-8(4-2-7)15-10-9(12)13-5-6-14-10/h1-6H,(H,14,15). The van der Waals surface area contributed by atoms with Crippen molar-refractivity contribution in [2.45, 2.75) is 0 Å². The number of nitrogens with zero attached hydrogens (tertiary/aromatic N) is 2. The molecular weight excluding hydrogens is 233 g/mol. The van der Waals surface area contributed by atoms with Crippen LogP contribution in [0.3, 0.4) is 0 Å². The molecule has 0 aliphatic carbocycles. The van der Waals surface area contributed by atoms with Crippen molar-refractivity contribution in [3.05, 3.63) is 46.8 Å². The Labute approximate surface area is 97.1 Å². The highest BCUT2D eigenvalue weighted by molar-refractivity contribution is 6.31. The highest BCUT2D eigenvalue weighted by atomic mass is 35.5. The lowest BCUT2D eigenvalue weighted by Gasteiger charge is -2.05. The quantitative estimate of drug-likeness (QED) is 0.872. The summed E-state index contributed by atoms with van der Waals surface area (Å²) in [6.45, 7) is 0. The molecule has 0 aliphatic rings. The van der Waals surface area contributed by atoms with Gasteiger partial charge in [-0.15, -0.1) is 0 Å². The van der Waals surface area contributed by atoms with Crippen LogP contribution in [0.15, 0.2) is 36.7 Å². The van der Waals surface area contributed by atoms with Gasteiger partial charge in [0.05, 0.1) is 0 Å². The average Bonchev–Trinajstić information content (AvgIpc) is 2.25. The molecule has 0 saturated carbocycles. The molecule has 5 heteroatoms. The number of hydrogen-bond donors (Lipinski definition) is 1. The molecule has 3 nitrogen and oxygen atoms in total. The van der Waals surface area contributed by atoms with E-state index in [4.69, 9.17) is 23.2 Å². The van der Waals surface area contributed by atoms with Crippen LogP contribution in [-0.2, 0) is 0 Å². The van der Waals surface area contributed by atoms with E-state index in [9.17, 15) is 0 Å². The minimum absolute atomic E-state index is 0.340. The number of halogens is 2. The van der Waals surface area contributed by atoms with Gasteiger partial charge in [-0.05, 0) is 24.3 Å². The smallest absolute Gasteiger partial charge is 0.171 e. The second-order valence-electron chi connectivity index (χ2n) is 2.83. The summed E-state index contributed by atoms with van der Waals surface area (Å²) in [4.78, 5) is 7.96. The summed E-state index contributed by atoms with van der Waals surface area (Å²) in [7, 11) is 0. The Morgan fingerprint density at radius 2 is 1.60 bits per heavy atom. The topological polar surface area (TPSA) is 37.8 Å². The molecule has 0 radical (unpaired) electrons. The maximum atomic E-state index is 5.84. The molecule has 0 unspecified atom stereocenters. The summed E-state index contributed by atoms with van der Waals surface area (Å²) in [5.41, 5.74) is 0.863. The second kappa shape index (κ2) is 4.47. The summed E-state index contributed by atoms with van der Waals surface area (Å²) < 4.78 is 0. The summed E-state index contributed by atoms with van der Waals surface area (Å²) in [6, 6.07) is 7.25. The van der Waals surface area contributed by atoms with Crippen LogP contribution in [0.1, 0.15) is 0 Å². The molecular formula is C10H7Cl2N3. The maximum Gasteiger partial charge on any atom is 0.171 e. The van der Waals surface area contributed by atoms with Gasteiger partial charge in [0.2, 0.25) is 0 Å². The highest BCUT2D eigenvalue weighted by Gasteiger charge is 2.01. The molecule has 2 rings (SSSR count). The van der Waals surface area contributed by atoms with Crippen LogP contribution in [0.2, 0.25) is 10.2 Å². The van der Waals surface area contributed by atoms with Crippen LogP contribution >= 0.6 is 23.2 Å². The Hall–Kier alpha value is -1.32. The molecule has 2 aromatic rings. The van der Waals surface area contributed by atoms with E-state index in [-0.39, 0.29) is 0 Å². The lowest BCUT2D eigenvalue weighted by Crippen LogP contribution is -1.94. The van der Waals surface area contributed by atoms with Crippen molar-refractivity contribution in [2.75, 3.05) is 5.32 Å². The fourth-order valence-electron chi connectivity index (χ4n) is 1.07. The van der Waals surface area contributed by atoms with Gasteiger partial charge < -0.3 is 5.32 Å². The van der Waals surface area contributed by atoms with Crippen LogP contribution in [0.25, 0.3) is 0 Å². The molecule has 76 valence electrons. The van der Waals surface area contributed by atoms with Crippen molar-refractivity contribution in [1.29, 1.82) is 0 Å². The Balaban J connectivity index is 2.22. The minimum Gasteiger partial charge on any atom is -0.338 e. The fraction of sp³-hybridized carbons (Fsp3) is 0. The zero-order valence-electron chi connectivity index (χ0n) is 7.61. The summed E-state index contributed by atoms with van der Waals surface area (Å²) in [5, 5.41) is 4.06. The predicted molar refractivity (Wildman–Crippen MR) is 61.8 cm³/mol. The lowest BCUT2D eigenvalue weighted by molar-refractivity contribution is 1.20. The predicted octanol–water partition coefficient (Wildman–Crippen LogP) is 3.53. The zero-order valence-corrected chi connectivity index (χ0v) is 9.13. The van der Waals surface area contributed by atoms with Crippen LogP contribution in [0.4, 0.5) is 11.5 Å². The van der Waals surface area contributed by atoms with Gasteiger partial charge in [0, 0.05) is 23.1 Å². The van der Waals surface area contributed by atoms with Gasteiger partial charge in [0.15, 0.2) is 11.0 Å². The minimum atomic E-state index is 0.340. The largest absolute Gasteiger partial charge is 0.338 e. The first-order valence-electron chi connectivity index (χ1n) is 4.25. The van der Waals surface area contributed by atoms with E-state index in [0.717, 1.165) is 5.69 Å². The van der Waals surface area contributed by atoms with Gasteiger partial charge in [-0.1, -0.05) is 23.2 Å². The van der Waals surface area contributed by atoms with E-state index in [2.05, 4.69) is 15.3 Å². The van der Waals surface area contributed by atoms with Crippen molar-refractivity contribution in [2.24, 2.45) is 0 Å². The van der Waals surface area contributed by atoms with E-state index >= 15 is 0 Å². The summed E-state index contributed by atoms with van der Waals surface area (Å²) >= 11 is 11.6.